The van der Waals surface area contributed by atoms with Crippen molar-refractivity contribution in [2.24, 2.45) is 11.8 Å². The quantitative estimate of drug-likeness (QED) is 0.792. The summed E-state index contributed by atoms with van der Waals surface area (Å²) in [6.45, 7) is 5.34. The third kappa shape index (κ3) is 2.30. The fourth-order valence-corrected chi connectivity index (χ4v) is 2.36. The Labute approximate surface area is 97.2 Å². The molecule has 0 unspecified atom stereocenters. The largest absolute Gasteiger partial charge is 0.399 e. The Bertz CT molecular complexity index is 336. The molecule has 3 nitrogen and oxygen atoms in total. The molecule has 1 aromatic rings. The molecule has 2 N–H and O–H groups in total. The zero-order valence-corrected chi connectivity index (χ0v) is 10.0. The highest BCUT2D eigenvalue weighted by Gasteiger charge is 2.29. The second kappa shape index (κ2) is 4.74. The van der Waals surface area contributed by atoms with E-state index in [4.69, 9.17) is 10.5 Å². The molecule has 0 aromatic heterocycles. The number of benzene rings is 1. The fourth-order valence-electron chi connectivity index (χ4n) is 2.36. The molecule has 16 heavy (non-hydrogen) atoms. The van der Waals surface area contributed by atoms with Crippen LogP contribution in [-0.2, 0) is 4.74 Å². The van der Waals surface area contributed by atoms with E-state index in [1.807, 2.05) is 12.1 Å². The molecule has 1 aliphatic heterocycles. The number of methoxy groups -OCH3 is 1. The Morgan fingerprint density at radius 2 is 2.00 bits per heavy atom. The van der Waals surface area contributed by atoms with E-state index in [9.17, 15) is 0 Å². The van der Waals surface area contributed by atoms with Gasteiger partial charge in [-0.15, -0.1) is 0 Å². The normalized spacial score (nSPS) is 25.0. The number of nitrogens with two attached hydrogens (primary N) is 1. The van der Waals surface area contributed by atoms with Crippen LogP contribution >= 0.6 is 0 Å². The molecule has 1 heterocycles. The van der Waals surface area contributed by atoms with E-state index < -0.39 is 0 Å². The minimum absolute atomic E-state index is 0.641. The van der Waals surface area contributed by atoms with Crippen LogP contribution in [0.1, 0.15) is 6.92 Å². The van der Waals surface area contributed by atoms with Gasteiger partial charge in [0.2, 0.25) is 0 Å². The van der Waals surface area contributed by atoms with Gasteiger partial charge in [-0.05, 0) is 30.2 Å². The molecular weight excluding hydrogens is 200 g/mol. The SMILES string of the molecule is COC[C@@H]1CN(c2ccc(N)cc2)C[C@@H]1C. The molecule has 88 valence electrons. The first-order valence-corrected chi connectivity index (χ1v) is 5.80. The van der Waals surface area contributed by atoms with Crippen molar-refractivity contribution in [2.75, 3.05) is 37.4 Å². The molecule has 3 heteroatoms. The number of rotatable bonds is 3. The maximum absolute atomic E-state index is 5.69. The summed E-state index contributed by atoms with van der Waals surface area (Å²) in [4.78, 5) is 2.41. The van der Waals surface area contributed by atoms with E-state index in [1.165, 1.54) is 5.69 Å². The molecule has 1 saturated heterocycles. The highest BCUT2D eigenvalue weighted by molar-refractivity contribution is 5.53. The lowest BCUT2D eigenvalue weighted by atomic mass is 10.00. The first-order valence-electron chi connectivity index (χ1n) is 5.80. The molecule has 0 spiro atoms. The van der Waals surface area contributed by atoms with E-state index in [0.29, 0.717) is 11.8 Å². The van der Waals surface area contributed by atoms with Crippen LogP contribution in [0, 0.1) is 11.8 Å². The molecule has 1 fully saturated rings. The third-order valence-corrected chi connectivity index (χ3v) is 3.41. The first kappa shape index (κ1) is 11.3. The second-order valence-corrected chi connectivity index (χ2v) is 4.69. The van der Waals surface area contributed by atoms with Crippen LogP contribution in [0.15, 0.2) is 24.3 Å². The monoisotopic (exact) mass is 220 g/mol. The zero-order chi connectivity index (χ0) is 11.5. The van der Waals surface area contributed by atoms with Gasteiger partial charge in [0.1, 0.15) is 0 Å². The Kier molecular flexibility index (Phi) is 3.34. The standard InChI is InChI=1S/C13H20N2O/c1-10-7-15(8-11(10)9-16-2)13-5-3-12(14)4-6-13/h3-6,10-11H,7-9,14H2,1-2H3/t10-,11-/m0/s1. The van der Waals surface area contributed by atoms with Gasteiger partial charge < -0.3 is 15.4 Å². The Morgan fingerprint density at radius 1 is 1.31 bits per heavy atom. The van der Waals surface area contributed by atoms with Gasteiger partial charge in [-0.25, -0.2) is 0 Å². The Balaban J connectivity index is 2.04. The summed E-state index contributed by atoms with van der Waals surface area (Å²) in [6.07, 6.45) is 0. The zero-order valence-electron chi connectivity index (χ0n) is 10.0. The van der Waals surface area contributed by atoms with Crippen molar-refractivity contribution in [3.63, 3.8) is 0 Å². The van der Waals surface area contributed by atoms with E-state index in [-0.39, 0.29) is 0 Å². The van der Waals surface area contributed by atoms with Gasteiger partial charge in [0, 0.05) is 37.5 Å². The van der Waals surface area contributed by atoms with Crippen LogP contribution in [0.25, 0.3) is 0 Å². The van der Waals surface area contributed by atoms with Gasteiger partial charge in [-0.3, -0.25) is 0 Å². The van der Waals surface area contributed by atoms with Crippen molar-refractivity contribution >= 4 is 11.4 Å². The maximum Gasteiger partial charge on any atom is 0.0510 e. The summed E-state index contributed by atoms with van der Waals surface area (Å²) in [5.74, 6) is 1.33. The summed E-state index contributed by atoms with van der Waals surface area (Å²) in [5, 5.41) is 0. The number of anilines is 2. The number of hydrogen-bond acceptors (Lipinski definition) is 3. The van der Waals surface area contributed by atoms with Crippen molar-refractivity contribution < 1.29 is 4.74 Å². The van der Waals surface area contributed by atoms with E-state index in [2.05, 4.69) is 24.0 Å². The fraction of sp³-hybridized carbons (Fsp3) is 0.538. The smallest absolute Gasteiger partial charge is 0.0510 e. The molecule has 0 bridgehead atoms. The first-order chi connectivity index (χ1) is 7.70. The minimum atomic E-state index is 0.641. The predicted molar refractivity (Wildman–Crippen MR) is 67.6 cm³/mol. The van der Waals surface area contributed by atoms with E-state index >= 15 is 0 Å². The average molecular weight is 220 g/mol. The van der Waals surface area contributed by atoms with Crippen molar-refractivity contribution in [2.45, 2.75) is 6.92 Å². The molecule has 1 aromatic carbocycles. The van der Waals surface area contributed by atoms with E-state index in [0.717, 1.165) is 25.4 Å². The molecule has 0 saturated carbocycles. The number of ether oxygens (including phenoxy) is 1. The summed E-state index contributed by atoms with van der Waals surface area (Å²) >= 11 is 0. The number of nitrogens with zero attached hydrogens (tertiary/aromatic N) is 1. The van der Waals surface area contributed by atoms with Gasteiger partial charge in [-0.2, -0.15) is 0 Å². The predicted octanol–water partition coefficient (Wildman–Crippen LogP) is 1.99. The van der Waals surface area contributed by atoms with Gasteiger partial charge in [-0.1, -0.05) is 6.92 Å². The summed E-state index contributed by atoms with van der Waals surface area (Å²) in [6, 6.07) is 8.11. The van der Waals surface area contributed by atoms with Crippen LogP contribution in [0.5, 0.6) is 0 Å². The maximum atomic E-state index is 5.69. The van der Waals surface area contributed by atoms with Crippen LogP contribution in [0.2, 0.25) is 0 Å². The lowest BCUT2D eigenvalue weighted by molar-refractivity contribution is 0.144. The number of nitrogen functional groups attached to an aromatic ring is 1. The molecule has 0 amide bonds. The highest BCUT2D eigenvalue weighted by atomic mass is 16.5. The molecule has 0 radical (unpaired) electrons. The molecule has 2 atom stereocenters. The van der Waals surface area contributed by atoms with Crippen LogP contribution < -0.4 is 10.6 Å². The van der Waals surface area contributed by atoms with Crippen molar-refractivity contribution in [1.82, 2.24) is 0 Å². The molecule has 2 rings (SSSR count). The second-order valence-electron chi connectivity index (χ2n) is 4.69. The summed E-state index contributed by atoms with van der Waals surface area (Å²) in [7, 11) is 1.78. The van der Waals surface area contributed by atoms with Crippen molar-refractivity contribution in [1.29, 1.82) is 0 Å². The molecular formula is C13H20N2O. The van der Waals surface area contributed by atoms with Gasteiger partial charge in [0.05, 0.1) is 6.61 Å². The van der Waals surface area contributed by atoms with Crippen LogP contribution in [0.3, 0.4) is 0 Å². The molecule has 0 aliphatic carbocycles. The van der Waals surface area contributed by atoms with Crippen LogP contribution in [-0.4, -0.2) is 26.8 Å². The van der Waals surface area contributed by atoms with E-state index in [1.54, 1.807) is 7.11 Å². The topological polar surface area (TPSA) is 38.5 Å². The van der Waals surface area contributed by atoms with Crippen molar-refractivity contribution in [3.8, 4) is 0 Å². The van der Waals surface area contributed by atoms with Gasteiger partial charge in [0.25, 0.3) is 0 Å². The minimum Gasteiger partial charge on any atom is -0.399 e. The summed E-state index contributed by atoms with van der Waals surface area (Å²) in [5.41, 5.74) is 7.78. The van der Waals surface area contributed by atoms with Gasteiger partial charge in [0.15, 0.2) is 0 Å². The summed E-state index contributed by atoms with van der Waals surface area (Å²) < 4.78 is 5.25. The highest BCUT2D eigenvalue weighted by Crippen LogP contribution is 2.28. The van der Waals surface area contributed by atoms with Gasteiger partial charge >= 0.3 is 0 Å². The lowest BCUT2D eigenvalue weighted by Crippen LogP contribution is -2.20. The van der Waals surface area contributed by atoms with Crippen LogP contribution in [0.4, 0.5) is 11.4 Å². The average Bonchev–Trinajstić information content (AvgIpc) is 2.62. The number of hydrogen-bond donors (Lipinski definition) is 1. The van der Waals surface area contributed by atoms with Crippen molar-refractivity contribution in [3.05, 3.63) is 24.3 Å². The molecule has 1 aliphatic rings. The Hall–Kier alpha value is -1.22. The lowest BCUT2D eigenvalue weighted by Gasteiger charge is -2.18. The Morgan fingerprint density at radius 3 is 2.62 bits per heavy atom. The third-order valence-electron chi connectivity index (χ3n) is 3.41.